The number of carboxylic acids is 1. The SMILES string of the molecule is CCC1CCC(NC(C)C(C)C(=O)O)C1C. The van der Waals surface area contributed by atoms with Crippen molar-refractivity contribution in [2.75, 3.05) is 0 Å². The highest BCUT2D eigenvalue weighted by molar-refractivity contribution is 5.70. The average molecular weight is 227 g/mol. The molecule has 1 aliphatic rings. The van der Waals surface area contributed by atoms with Crippen molar-refractivity contribution in [3.8, 4) is 0 Å². The molecule has 1 saturated carbocycles. The Balaban J connectivity index is 2.46. The van der Waals surface area contributed by atoms with Crippen LogP contribution >= 0.6 is 0 Å². The molecule has 0 saturated heterocycles. The second kappa shape index (κ2) is 5.67. The molecule has 0 spiro atoms. The zero-order valence-corrected chi connectivity index (χ0v) is 10.9. The summed E-state index contributed by atoms with van der Waals surface area (Å²) >= 11 is 0. The lowest BCUT2D eigenvalue weighted by Crippen LogP contribution is -2.44. The van der Waals surface area contributed by atoms with E-state index < -0.39 is 5.97 Å². The van der Waals surface area contributed by atoms with Crippen LogP contribution in [0.15, 0.2) is 0 Å². The van der Waals surface area contributed by atoms with Crippen LogP contribution in [0, 0.1) is 17.8 Å². The predicted octanol–water partition coefficient (Wildman–Crippen LogP) is 2.51. The van der Waals surface area contributed by atoms with Crippen LogP contribution in [0.4, 0.5) is 0 Å². The average Bonchev–Trinajstić information content (AvgIpc) is 2.58. The first-order valence-corrected chi connectivity index (χ1v) is 6.46. The maximum atomic E-state index is 10.9. The third kappa shape index (κ3) is 2.97. The number of hydrogen-bond donors (Lipinski definition) is 2. The van der Waals surface area contributed by atoms with E-state index in [0.29, 0.717) is 12.0 Å². The molecule has 3 heteroatoms. The van der Waals surface area contributed by atoms with Crippen molar-refractivity contribution in [1.29, 1.82) is 0 Å². The first-order valence-electron chi connectivity index (χ1n) is 6.46. The van der Waals surface area contributed by atoms with E-state index in [-0.39, 0.29) is 12.0 Å². The van der Waals surface area contributed by atoms with E-state index in [2.05, 4.69) is 19.2 Å². The number of hydrogen-bond acceptors (Lipinski definition) is 2. The molecule has 2 N–H and O–H groups in total. The van der Waals surface area contributed by atoms with Gasteiger partial charge in [0.1, 0.15) is 0 Å². The van der Waals surface area contributed by atoms with Crippen molar-refractivity contribution < 1.29 is 9.90 Å². The van der Waals surface area contributed by atoms with Crippen LogP contribution in [0.1, 0.15) is 47.0 Å². The van der Waals surface area contributed by atoms with Gasteiger partial charge >= 0.3 is 5.97 Å². The van der Waals surface area contributed by atoms with Gasteiger partial charge in [-0.3, -0.25) is 4.79 Å². The molecule has 0 aromatic rings. The highest BCUT2D eigenvalue weighted by Gasteiger charge is 2.33. The van der Waals surface area contributed by atoms with Crippen LogP contribution in [0.25, 0.3) is 0 Å². The predicted molar refractivity (Wildman–Crippen MR) is 65.4 cm³/mol. The third-order valence-corrected chi connectivity index (χ3v) is 4.37. The summed E-state index contributed by atoms with van der Waals surface area (Å²) in [5.74, 6) is 0.462. The second-order valence-electron chi connectivity index (χ2n) is 5.29. The van der Waals surface area contributed by atoms with Crippen molar-refractivity contribution in [3.63, 3.8) is 0 Å². The van der Waals surface area contributed by atoms with Gasteiger partial charge in [-0.15, -0.1) is 0 Å². The summed E-state index contributed by atoms with van der Waals surface area (Å²) in [5.41, 5.74) is 0. The Morgan fingerprint density at radius 3 is 2.50 bits per heavy atom. The molecule has 1 fully saturated rings. The van der Waals surface area contributed by atoms with Gasteiger partial charge < -0.3 is 10.4 Å². The number of carbonyl (C=O) groups is 1. The van der Waals surface area contributed by atoms with Gasteiger partial charge in [-0.05, 0) is 31.6 Å². The van der Waals surface area contributed by atoms with Crippen LogP contribution in [0.2, 0.25) is 0 Å². The largest absolute Gasteiger partial charge is 0.481 e. The number of nitrogens with one attached hydrogen (secondary N) is 1. The van der Waals surface area contributed by atoms with Crippen LogP contribution in [0.3, 0.4) is 0 Å². The lowest BCUT2D eigenvalue weighted by atomic mass is 9.92. The molecule has 16 heavy (non-hydrogen) atoms. The van der Waals surface area contributed by atoms with Gasteiger partial charge in [0.15, 0.2) is 0 Å². The summed E-state index contributed by atoms with van der Waals surface area (Å²) < 4.78 is 0. The summed E-state index contributed by atoms with van der Waals surface area (Å²) in [6, 6.07) is 0.558. The Morgan fingerprint density at radius 2 is 2.06 bits per heavy atom. The Kier molecular flexibility index (Phi) is 4.78. The van der Waals surface area contributed by atoms with Crippen LogP contribution in [-0.4, -0.2) is 23.2 Å². The molecule has 1 aliphatic carbocycles. The van der Waals surface area contributed by atoms with Crippen molar-refractivity contribution >= 4 is 5.97 Å². The molecule has 1 rings (SSSR count). The van der Waals surface area contributed by atoms with E-state index in [1.165, 1.54) is 19.3 Å². The van der Waals surface area contributed by atoms with Gasteiger partial charge in [-0.1, -0.05) is 27.2 Å². The summed E-state index contributed by atoms with van der Waals surface area (Å²) in [6.07, 6.45) is 3.71. The molecule has 0 radical (unpaired) electrons. The lowest BCUT2D eigenvalue weighted by Gasteiger charge is -2.26. The van der Waals surface area contributed by atoms with Crippen LogP contribution in [-0.2, 0) is 4.79 Å². The molecule has 0 amide bonds. The normalized spacial score (nSPS) is 33.6. The molecule has 0 heterocycles. The first-order chi connectivity index (χ1) is 7.47. The first kappa shape index (κ1) is 13.5. The Labute approximate surface area is 98.6 Å². The summed E-state index contributed by atoms with van der Waals surface area (Å²) in [4.78, 5) is 10.9. The third-order valence-electron chi connectivity index (χ3n) is 4.37. The monoisotopic (exact) mass is 227 g/mol. The van der Waals surface area contributed by atoms with Crippen LogP contribution < -0.4 is 5.32 Å². The summed E-state index contributed by atoms with van der Waals surface area (Å²) in [6.45, 7) is 8.28. The molecule has 3 nitrogen and oxygen atoms in total. The van der Waals surface area contributed by atoms with E-state index in [1.54, 1.807) is 6.92 Å². The van der Waals surface area contributed by atoms with Crippen molar-refractivity contribution in [2.24, 2.45) is 17.8 Å². The van der Waals surface area contributed by atoms with Gasteiger partial charge in [0.25, 0.3) is 0 Å². The van der Waals surface area contributed by atoms with Crippen molar-refractivity contribution in [2.45, 2.75) is 59.0 Å². The van der Waals surface area contributed by atoms with E-state index in [0.717, 1.165) is 5.92 Å². The van der Waals surface area contributed by atoms with Crippen LogP contribution in [0.5, 0.6) is 0 Å². The molecule has 0 aliphatic heterocycles. The van der Waals surface area contributed by atoms with Gasteiger partial charge in [-0.2, -0.15) is 0 Å². The number of rotatable bonds is 5. The molecule has 0 aromatic carbocycles. The smallest absolute Gasteiger partial charge is 0.307 e. The molecule has 0 aromatic heterocycles. The standard InChI is InChI=1S/C13H25NO2/c1-5-11-6-7-12(9(11)3)14-10(4)8(2)13(15)16/h8-12,14H,5-7H2,1-4H3,(H,15,16). The minimum absolute atomic E-state index is 0.0561. The van der Waals surface area contributed by atoms with E-state index in [4.69, 9.17) is 5.11 Å². The molecule has 5 atom stereocenters. The van der Waals surface area contributed by atoms with Gasteiger partial charge in [-0.25, -0.2) is 0 Å². The Bertz CT molecular complexity index is 242. The Morgan fingerprint density at radius 1 is 1.44 bits per heavy atom. The fraction of sp³-hybridized carbons (Fsp3) is 0.923. The highest BCUT2D eigenvalue weighted by atomic mass is 16.4. The van der Waals surface area contributed by atoms with Gasteiger partial charge in [0.2, 0.25) is 0 Å². The van der Waals surface area contributed by atoms with Crippen molar-refractivity contribution in [3.05, 3.63) is 0 Å². The minimum Gasteiger partial charge on any atom is -0.481 e. The van der Waals surface area contributed by atoms with E-state index >= 15 is 0 Å². The number of carboxylic acid groups (broad SMARTS) is 1. The lowest BCUT2D eigenvalue weighted by molar-refractivity contribution is -0.142. The molecule has 0 bridgehead atoms. The van der Waals surface area contributed by atoms with Gasteiger partial charge in [0.05, 0.1) is 5.92 Å². The molecule has 94 valence electrons. The Hall–Kier alpha value is -0.570. The zero-order valence-electron chi connectivity index (χ0n) is 10.9. The second-order valence-corrected chi connectivity index (χ2v) is 5.29. The quantitative estimate of drug-likeness (QED) is 0.758. The topological polar surface area (TPSA) is 49.3 Å². The minimum atomic E-state index is -0.710. The summed E-state index contributed by atoms with van der Waals surface area (Å²) in [7, 11) is 0. The molecular weight excluding hydrogens is 202 g/mol. The van der Waals surface area contributed by atoms with Gasteiger partial charge in [0, 0.05) is 12.1 Å². The molecule has 5 unspecified atom stereocenters. The summed E-state index contributed by atoms with van der Waals surface area (Å²) in [5, 5.41) is 12.4. The highest BCUT2D eigenvalue weighted by Crippen LogP contribution is 2.34. The zero-order chi connectivity index (χ0) is 12.3. The fourth-order valence-electron chi connectivity index (χ4n) is 2.75. The van der Waals surface area contributed by atoms with Crippen molar-refractivity contribution in [1.82, 2.24) is 5.32 Å². The maximum absolute atomic E-state index is 10.9. The molecular formula is C13H25NO2. The maximum Gasteiger partial charge on any atom is 0.307 e. The van der Waals surface area contributed by atoms with E-state index in [9.17, 15) is 4.79 Å². The number of aliphatic carboxylic acids is 1. The fourth-order valence-corrected chi connectivity index (χ4v) is 2.75. The van der Waals surface area contributed by atoms with E-state index in [1.807, 2.05) is 6.92 Å².